The second-order valence-electron chi connectivity index (χ2n) is 5.89. The van der Waals surface area contributed by atoms with Gasteiger partial charge in [0.05, 0.1) is 11.0 Å². The molecular formula is C15H22N4OS2. The van der Waals surface area contributed by atoms with Crippen LogP contribution in [0, 0.1) is 5.92 Å². The van der Waals surface area contributed by atoms with E-state index in [1.807, 2.05) is 17.5 Å². The minimum absolute atomic E-state index is 0.331. The Labute approximate surface area is 139 Å². The second-order valence-corrected chi connectivity index (χ2v) is 7.83. The highest BCUT2D eigenvalue weighted by atomic mass is 32.2. The lowest BCUT2D eigenvalue weighted by Gasteiger charge is -2.31. The largest absolute Gasteiger partial charge is 0.391 e. The van der Waals surface area contributed by atoms with Crippen LogP contribution >= 0.6 is 23.1 Å². The first kappa shape index (κ1) is 16.0. The SMILES string of the molecule is CC1CCN(CC(O)CSc2n[nH]c(-c3cccs3)n2)CC1. The van der Waals surface area contributed by atoms with Gasteiger partial charge < -0.3 is 10.0 Å². The lowest BCUT2D eigenvalue weighted by atomic mass is 9.99. The Morgan fingerprint density at radius 3 is 3.05 bits per heavy atom. The van der Waals surface area contributed by atoms with E-state index in [2.05, 4.69) is 27.0 Å². The number of aromatic nitrogens is 3. The Kier molecular flexibility index (Phi) is 5.51. The van der Waals surface area contributed by atoms with Gasteiger partial charge in [0.2, 0.25) is 5.16 Å². The third-order valence-corrected chi connectivity index (χ3v) is 5.84. The highest BCUT2D eigenvalue weighted by Gasteiger charge is 2.19. The third kappa shape index (κ3) is 4.32. The molecule has 3 heterocycles. The van der Waals surface area contributed by atoms with Crippen LogP contribution in [0.4, 0.5) is 0 Å². The molecule has 1 aliphatic heterocycles. The molecule has 120 valence electrons. The van der Waals surface area contributed by atoms with Crippen LogP contribution in [0.1, 0.15) is 19.8 Å². The number of thiophene rings is 1. The van der Waals surface area contributed by atoms with Crippen molar-refractivity contribution in [1.29, 1.82) is 0 Å². The number of rotatable bonds is 6. The molecule has 0 aliphatic carbocycles. The van der Waals surface area contributed by atoms with Gasteiger partial charge in [0, 0.05) is 12.3 Å². The molecule has 22 heavy (non-hydrogen) atoms. The minimum Gasteiger partial charge on any atom is -0.391 e. The molecule has 2 N–H and O–H groups in total. The molecule has 1 saturated heterocycles. The number of piperidine rings is 1. The van der Waals surface area contributed by atoms with Gasteiger partial charge in [0.1, 0.15) is 0 Å². The van der Waals surface area contributed by atoms with Crippen LogP contribution in [0.2, 0.25) is 0 Å². The summed E-state index contributed by atoms with van der Waals surface area (Å²) in [5, 5.41) is 20.1. The van der Waals surface area contributed by atoms with Crippen LogP contribution in [0.25, 0.3) is 10.7 Å². The van der Waals surface area contributed by atoms with E-state index in [9.17, 15) is 5.11 Å². The quantitative estimate of drug-likeness (QED) is 0.793. The molecule has 0 aromatic carbocycles. The van der Waals surface area contributed by atoms with Gasteiger partial charge in [0.25, 0.3) is 0 Å². The van der Waals surface area contributed by atoms with Gasteiger partial charge >= 0.3 is 0 Å². The summed E-state index contributed by atoms with van der Waals surface area (Å²) in [6, 6.07) is 4.02. The number of likely N-dealkylation sites (tertiary alicyclic amines) is 1. The maximum Gasteiger partial charge on any atom is 0.208 e. The summed E-state index contributed by atoms with van der Waals surface area (Å²) in [5.74, 6) is 2.26. The van der Waals surface area contributed by atoms with E-state index in [1.54, 1.807) is 11.3 Å². The summed E-state index contributed by atoms with van der Waals surface area (Å²) in [4.78, 5) is 7.91. The van der Waals surface area contributed by atoms with Crippen molar-refractivity contribution in [3.05, 3.63) is 17.5 Å². The summed E-state index contributed by atoms with van der Waals surface area (Å²) >= 11 is 3.15. The molecule has 0 spiro atoms. The Bertz CT molecular complexity index is 564. The maximum absolute atomic E-state index is 10.2. The van der Waals surface area contributed by atoms with E-state index in [0.717, 1.165) is 36.3 Å². The average Bonchev–Trinajstić information content (AvgIpc) is 3.18. The summed E-state index contributed by atoms with van der Waals surface area (Å²) in [7, 11) is 0. The van der Waals surface area contributed by atoms with Crippen molar-refractivity contribution in [2.45, 2.75) is 31.0 Å². The predicted octanol–water partition coefficient (Wildman–Crippen LogP) is 2.72. The molecule has 0 bridgehead atoms. The van der Waals surface area contributed by atoms with Crippen LogP contribution < -0.4 is 0 Å². The van der Waals surface area contributed by atoms with Gasteiger partial charge in [-0.25, -0.2) is 4.98 Å². The predicted molar refractivity (Wildman–Crippen MR) is 91.3 cm³/mol. The molecule has 0 saturated carbocycles. The molecule has 3 rings (SSSR count). The number of nitrogens with zero attached hydrogens (tertiary/aromatic N) is 3. The zero-order chi connectivity index (χ0) is 15.4. The average molecular weight is 339 g/mol. The molecule has 7 heteroatoms. The number of aliphatic hydroxyl groups excluding tert-OH is 1. The first-order valence-electron chi connectivity index (χ1n) is 7.70. The van der Waals surface area contributed by atoms with Gasteiger partial charge in [-0.3, -0.25) is 5.10 Å². The monoisotopic (exact) mass is 338 g/mol. The highest BCUT2D eigenvalue weighted by Crippen LogP contribution is 2.23. The topological polar surface area (TPSA) is 65.0 Å². The van der Waals surface area contributed by atoms with Gasteiger partial charge in [0.15, 0.2) is 5.82 Å². The summed E-state index contributed by atoms with van der Waals surface area (Å²) in [6.07, 6.45) is 2.15. The fourth-order valence-corrected chi connectivity index (χ4v) is 3.98. The van der Waals surface area contributed by atoms with Crippen LogP contribution in [-0.2, 0) is 0 Å². The Morgan fingerprint density at radius 1 is 1.50 bits per heavy atom. The van der Waals surface area contributed by atoms with Crippen molar-refractivity contribution >= 4 is 23.1 Å². The molecule has 5 nitrogen and oxygen atoms in total. The van der Waals surface area contributed by atoms with Crippen LogP contribution in [0.15, 0.2) is 22.7 Å². The Balaban J connectivity index is 1.44. The van der Waals surface area contributed by atoms with Crippen molar-refractivity contribution in [2.24, 2.45) is 5.92 Å². The van der Waals surface area contributed by atoms with E-state index in [1.165, 1.54) is 24.6 Å². The minimum atomic E-state index is -0.331. The van der Waals surface area contributed by atoms with E-state index < -0.39 is 0 Å². The molecule has 1 aliphatic rings. The zero-order valence-electron chi connectivity index (χ0n) is 12.7. The van der Waals surface area contributed by atoms with Gasteiger partial charge in [-0.2, -0.15) is 0 Å². The number of aliphatic hydroxyl groups is 1. The number of H-pyrrole nitrogens is 1. The summed E-state index contributed by atoms with van der Waals surface area (Å²) in [6.45, 7) is 5.26. The highest BCUT2D eigenvalue weighted by molar-refractivity contribution is 7.99. The molecular weight excluding hydrogens is 316 g/mol. The van der Waals surface area contributed by atoms with Gasteiger partial charge in [-0.05, 0) is 43.3 Å². The first-order valence-corrected chi connectivity index (χ1v) is 9.56. The number of nitrogens with one attached hydrogen (secondary N) is 1. The number of β-amino-alcohol motifs (C(OH)–C–C–N with tert-alkyl or cyclic N) is 1. The Morgan fingerprint density at radius 2 is 2.32 bits per heavy atom. The summed E-state index contributed by atoms with van der Waals surface area (Å²) in [5.41, 5.74) is 0. The normalized spacial score (nSPS) is 18.6. The third-order valence-electron chi connectivity index (χ3n) is 3.97. The number of hydrogen-bond acceptors (Lipinski definition) is 6. The molecule has 0 amide bonds. The van der Waals surface area contributed by atoms with Crippen molar-refractivity contribution in [3.63, 3.8) is 0 Å². The number of hydrogen-bond donors (Lipinski definition) is 2. The van der Waals surface area contributed by atoms with Crippen LogP contribution in [0.3, 0.4) is 0 Å². The van der Waals surface area contributed by atoms with Crippen molar-refractivity contribution in [1.82, 2.24) is 20.1 Å². The first-order chi connectivity index (χ1) is 10.7. The zero-order valence-corrected chi connectivity index (χ0v) is 14.4. The molecule has 0 radical (unpaired) electrons. The Hall–Kier alpha value is -0.890. The molecule has 1 fully saturated rings. The lowest BCUT2D eigenvalue weighted by molar-refractivity contribution is 0.105. The maximum atomic E-state index is 10.2. The van der Waals surface area contributed by atoms with Crippen LogP contribution in [0.5, 0.6) is 0 Å². The summed E-state index contributed by atoms with van der Waals surface area (Å²) < 4.78 is 0. The van der Waals surface area contributed by atoms with Gasteiger partial charge in [-0.15, -0.1) is 16.4 Å². The fraction of sp³-hybridized carbons (Fsp3) is 0.600. The van der Waals surface area contributed by atoms with E-state index >= 15 is 0 Å². The number of aromatic amines is 1. The number of thioether (sulfide) groups is 1. The molecule has 1 atom stereocenters. The van der Waals surface area contributed by atoms with E-state index in [-0.39, 0.29) is 6.10 Å². The lowest BCUT2D eigenvalue weighted by Crippen LogP contribution is -2.39. The molecule has 1 unspecified atom stereocenters. The second kappa shape index (κ2) is 7.59. The van der Waals surface area contributed by atoms with Crippen LogP contribution in [-0.4, -0.2) is 56.7 Å². The molecule has 2 aromatic heterocycles. The van der Waals surface area contributed by atoms with Crippen molar-refractivity contribution in [3.8, 4) is 10.7 Å². The fourth-order valence-electron chi connectivity index (χ4n) is 2.60. The van der Waals surface area contributed by atoms with E-state index in [4.69, 9.17) is 0 Å². The standard InChI is InChI=1S/C15H22N4OS2/c1-11-4-6-19(7-5-11)9-12(20)10-22-15-16-14(17-18-15)13-3-2-8-21-13/h2-3,8,11-12,20H,4-7,9-10H2,1H3,(H,16,17,18). The van der Waals surface area contributed by atoms with Crippen molar-refractivity contribution in [2.75, 3.05) is 25.4 Å². The smallest absolute Gasteiger partial charge is 0.208 e. The molecule has 2 aromatic rings. The van der Waals surface area contributed by atoms with Gasteiger partial charge in [-0.1, -0.05) is 24.8 Å². The van der Waals surface area contributed by atoms with E-state index in [0.29, 0.717) is 10.9 Å². The van der Waals surface area contributed by atoms with Crippen molar-refractivity contribution < 1.29 is 5.11 Å².